The maximum Gasteiger partial charge on any atom is 0.228 e. The van der Waals surface area contributed by atoms with Crippen molar-refractivity contribution in [2.24, 2.45) is 5.41 Å². The number of hydrogen-bond donors (Lipinski definition) is 1. The summed E-state index contributed by atoms with van der Waals surface area (Å²) in [5, 5.41) is 3.66. The standard InChI is InChI=1S/C15H26N2O/c1-2-15(8-3-4-9-15)14(18)17-10-7-12-5-6-13(11-17)16-12/h12-13,16H,2-11H2,1H3. The van der Waals surface area contributed by atoms with Crippen LogP contribution in [0.3, 0.4) is 0 Å². The summed E-state index contributed by atoms with van der Waals surface area (Å²) in [5.74, 6) is 0.469. The van der Waals surface area contributed by atoms with Crippen LogP contribution in [0.1, 0.15) is 58.3 Å². The van der Waals surface area contributed by atoms with Crippen LogP contribution in [0.5, 0.6) is 0 Å². The van der Waals surface area contributed by atoms with Gasteiger partial charge in [-0.05, 0) is 38.5 Å². The minimum absolute atomic E-state index is 0.00356. The fourth-order valence-corrected chi connectivity index (χ4v) is 4.23. The van der Waals surface area contributed by atoms with Gasteiger partial charge in [-0.15, -0.1) is 0 Å². The summed E-state index contributed by atoms with van der Waals surface area (Å²) in [5.41, 5.74) is 0.00356. The maximum absolute atomic E-state index is 12.9. The van der Waals surface area contributed by atoms with E-state index >= 15 is 0 Å². The summed E-state index contributed by atoms with van der Waals surface area (Å²) < 4.78 is 0. The number of rotatable bonds is 2. The van der Waals surface area contributed by atoms with Crippen LogP contribution in [-0.2, 0) is 4.79 Å². The van der Waals surface area contributed by atoms with Gasteiger partial charge in [0.15, 0.2) is 0 Å². The number of carbonyl (C=O) groups excluding carboxylic acids is 1. The van der Waals surface area contributed by atoms with Crippen LogP contribution < -0.4 is 5.32 Å². The third-order valence-electron chi connectivity index (χ3n) is 5.50. The third-order valence-corrected chi connectivity index (χ3v) is 5.50. The zero-order chi connectivity index (χ0) is 12.6. The molecule has 3 aliphatic rings. The first-order valence-electron chi connectivity index (χ1n) is 7.79. The molecular formula is C15H26N2O. The van der Waals surface area contributed by atoms with Crippen molar-refractivity contribution in [3.05, 3.63) is 0 Å². The summed E-state index contributed by atoms with van der Waals surface area (Å²) in [4.78, 5) is 15.1. The van der Waals surface area contributed by atoms with Crippen LogP contribution in [0.2, 0.25) is 0 Å². The van der Waals surface area contributed by atoms with Crippen molar-refractivity contribution in [2.75, 3.05) is 13.1 Å². The highest BCUT2D eigenvalue weighted by Crippen LogP contribution is 2.43. The molecule has 1 aliphatic carbocycles. The Kier molecular flexibility index (Phi) is 3.35. The van der Waals surface area contributed by atoms with Gasteiger partial charge >= 0.3 is 0 Å². The van der Waals surface area contributed by atoms with Crippen LogP contribution in [0.15, 0.2) is 0 Å². The van der Waals surface area contributed by atoms with Crippen LogP contribution in [0.4, 0.5) is 0 Å². The first-order chi connectivity index (χ1) is 8.73. The first kappa shape index (κ1) is 12.5. The molecule has 3 heteroatoms. The summed E-state index contributed by atoms with van der Waals surface area (Å²) >= 11 is 0. The molecule has 102 valence electrons. The van der Waals surface area contributed by atoms with Gasteiger partial charge in [0, 0.05) is 30.6 Å². The Hall–Kier alpha value is -0.570. The van der Waals surface area contributed by atoms with E-state index in [1.54, 1.807) is 0 Å². The highest BCUT2D eigenvalue weighted by atomic mass is 16.2. The largest absolute Gasteiger partial charge is 0.341 e. The molecule has 2 saturated heterocycles. The molecule has 0 aromatic carbocycles. The molecule has 3 nitrogen and oxygen atoms in total. The molecule has 1 saturated carbocycles. The average Bonchev–Trinajstić information content (AvgIpc) is 2.96. The fraction of sp³-hybridized carbons (Fsp3) is 0.933. The topological polar surface area (TPSA) is 32.3 Å². The predicted octanol–water partition coefficient (Wildman–Crippen LogP) is 2.31. The van der Waals surface area contributed by atoms with Crippen molar-refractivity contribution >= 4 is 5.91 Å². The van der Waals surface area contributed by atoms with Gasteiger partial charge in [-0.2, -0.15) is 0 Å². The molecule has 2 unspecified atom stereocenters. The van der Waals surface area contributed by atoms with Gasteiger partial charge in [-0.25, -0.2) is 0 Å². The number of nitrogens with zero attached hydrogens (tertiary/aromatic N) is 1. The molecule has 0 aromatic rings. The zero-order valence-electron chi connectivity index (χ0n) is 11.6. The highest BCUT2D eigenvalue weighted by Gasteiger charge is 2.43. The van der Waals surface area contributed by atoms with Crippen LogP contribution in [0.25, 0.3) is 0 Å². The number of hydrogen-bond acceptors (Lipinski definition) is 2. The molecule has 3 rings (SSSR count). The van der Waals surface area contributed by atoms with Gasteiger partial charge in [0.25, 0.3) is 0 Å². The van der Waals surface area contributed by atoms with Crippen molar-refractivity contribution in [3.63, 3.8) is 0 Å². The van der Waals surface area contributed by atoms with E-state index in [2.05, 4.69) is 17.1 Å². The minimum atomic E-state index is 0.00356. The lowest BCUT2D eigenvalue weighted by molar-refractivity contribution is -0.142. The molecule has 1 N–H and O–H groups in total. The summed E-state index contributed by atoms with van der Waals surface area (Å²) in [6.45, 7) is 4.14. The quantitative estimate of drug-likeness (QED) is 0.815. The Balaban J connectivity index is 1.71. The van der Waals surface area contributed by atoms with Gasteiger partial charge in [0.2, 0.25) is 5.91 Å². The van der Waals surface area contributed by atoms with Crippen LogP contribution >= 0.6 is 0 Å². The molecule has 0 radical (unpaired) electrons. The van der Waals surface area contributed by atoms with Crippen molar-refractivity contribution in [2.45, 2.75) is 70.4 Å². The lowest BCUT2D eigenvalue weighted by Crippen LogP contribution is -2.46. The Labute approximate surface area is 110 Å². The number of nitrogens with one attached hydrogen (secondary N) is 1. The van der Waals surface area contributed by atoms with Gasteiger partial charge in [-0.1, -0.05) is 19.8 Å². The number of amides is 1. The lowest BCUT2D eigenvalue weighted by Gasteiger charge is -2.34. The van der Waals surface area contributed by atoms with E-state index in [0.717, 1.165) is 38.8 Å². The highest BCUT2D eigenvalue weighted by molar-refractivity contribution is 5.83. The van der Waals surface area contributed by atoms with Crippen molar-refractivity contribution in [1.29, 1.82) is 0 Å². The predicted molar refractivity (Wildman–Crippen MR) is 72.3 cm³/mol. The average molecular weight is 250 g/mol. The summed E-state index contributed by atoms with van der Waals surface area (Å²) in [7, 11) is 0. The van der Waals surface area contributed by atoms with Gasteiger partial charge in [-0.3, -0.25) is 4.79 Å². The second-order valence-electron chi connectivity index (χ2n) is 6.52. The number of likely N-dealkylation sites (tertiary alicyclic amines) is 1. The summed E-state index contributed by atoms with van der Waals surface area (Å²) in [6.07, 6.45) is 9.50. The molecule has 2 heterocycles. The van der Waals surface area contributed by atoms with Crippen LogP contribution in [-0.4, -0.2) is 36.0 Å². The smallest absolute Gasteiger partial charge is 0.228 e. The first-order valence-corrected chi connectivity index (χ1v) is 7.79. The minimum Gasteiger partial charge on any atom is -0.341 e. The van der Waals surface area contributed by atoms with Crippen molar-refractivity contribution in [3.8, 4) is 0 Å². The monoisotopic (exact) mass is 250 g/mol. The molecule has 2 atom stereocenters. The number of fused-ring (bicyclic) bond motifs is 2. The van der Waals surface area contributed by atoms with Gasteiger partial charge < -0.3 is 10.2 Å². The Morgan fingerprint density at radius 2 is 1.94 bits per heavy atom. The molecular weight excluding hydrogens is 224 g/mol. The molecule has 1 amide bonds. The van der Waals surface area contributed by atoms with E-state index in [-0.39, 0.29) is 5.41 Å². The van der Waals surface area contributed by atoms with Gasteiger partial charge in [0.05, 0.1) is 0 Å². The van der Waals surface area contributed by atoms with E-state index in [4.69, 9.17) is 0 Å². The molecule has 0 spiro atoms. The third kappa shape index (κ3) is 2.07. The zero-order valence-corrected chi connectivity index (χ0v) is 11.6. The molecule has 3 fully saturated rings. The Morgan fingerprint density at radius 1 is 1.22 bits per heavy atom. The fourth-order valence-electron chi connectivity index (χ4n) is 4.23. The second-order valence-corrected chi connectivity index (χ2v) is 6.52. The lowest BCUT2D eigenvalue weighted by atomic mass is 9.81. The van der Waals surface area contributed by atoms with Gasteiger partial charge in [0.1, 0.15) is 0 Å². The normalized spacial score (nSPS) is 34.6. The molecule has 2 bridgehead atoms. The Bertz CT molecular complexity index is 322. The van der Waals surface area contributed by atoms with E-state index < -0.39 is 0 Å². The second kappa shape index (κ2) is 4.84. The van der Waals surface area contributed by atoms with Crippen LogP contribution in [0, 0.1) is 5.41 Å². The number of carbonyl (C=O) groups is 1. The molecule has 0 aromatic heterocycles. The molecule has 2 aliphatic heterocycles. The van der Waals surface area contributed by atoms with E-state index in [0.29, 0.717) is 18.0 Å². The Morgan fingerprint density at radius 3 is 2.67 bits per heavy atom. The summed E-state index contributed by atoms with van der Waals surface area (Å²) in [6, 6.07) is 1.24. The van der Waals surface area contributed by atoms with E-state index in [1.165, 1.54) is 25.7 Å². The van der Waals surface area contributed by atoms with Crippen molar-refractivity contribution < 1.29 is 4.79 Å². The van der Waals surface area contributed by atoms with E-state index in [1.807, 2.05) is 0 Å². The van der Waals surface area contributed by atoms with Crippen molar-refractivity contribution in [1.82, 2.24) is 10.2 Å². The van der Waals surface area contributed by atoms with E-state index in [9.17, 15) is 4.79 Å². The maximum atomic E-state index is 12.9. The SMILES string of the molecule is CCC1(C(=O)N2CCC3CCC(C2)N3)CCCC1. The molecule has 18 heavy (non-hydrogen) atoms.